The molecule has 0 saturated heterocycles. The molecule has 4 rings (SSSR count). The fraction of sp³-hybridized carbons (Fsp3) is 0.200. The molecule has 0 spiro atoms. The predicted octanol–water partition coefficient (Wildman–Crippen LogP) is 5.69. The zero-order valence-electron chi connectivity index (χ0n) is 17.5. The van der Waals surface area contributed by atoms with Crippen molar-refractivity contribution in [3.8, 4) is 0 Å². The number of rotatable bonds is 3. The smallest absolute Gasteiger partial charge is 0.339 e. The Balaban J connectivity index is 1.56. The van der Waals surface area contributed by atoms with Gasteiger partial charge in [0.25, 0.3) is 0 Å². The maximum atomic E-state index is 12.4. The summed E-state index contributed by atoms with van der Waals surface area (Å²) in [7, 11) is 0. The lowest BCUT2D eigenvalue weighted by atomic mass is 9.91. The van der Waals surface area contributed by atoms with Crippen molar-refractivity contribution < 1.29 is 4.79 Å². The number of amides is 2. The number of carbonyl (C=O) groups is 1. The Labute approximate surface area is 177 Å². The van der Waals surface area contributed by atoms with E-state index in [0.29, 0.717) is 6.42 Å². The van der Waals surface area contributed by atoms with E-state index in [0.717, 1.165) is 33.8 Å². The molecule has 30 heavy (non-hydrogen) atoms. The molecular weight excluding hydrogens is 372 g/mol. The number of hydrogen-bond acceptors (Lipinski definition) is 3. The van der Waals surface area contributed by atoms with Gasteiger partial charge >= 0.3 is 6.03 Å². The summed E-state index contributed by atoms with van der Waals surface area (Å²) in [6, 6.07) is 22.1. The van der Waals surface area contributed by atoms with Crippen LogP contribution in [0.2, 0.25) is 0 Å². The highest BCUT2D eigenvalue weighted by molar-refractivity contribution is 6.08. The number of benzene rings is 3. The molecule has 0 saturated carbocycles. The monoisotopic (exact) mass is 398 g/mol. The first-order valence-electron chi connectivity index (χ1n) is 10.1. The van der Waals surface area contributed by atoms with Gasteiger partial charge in [0.2, 0.25) is 0 Å². The summed E-state index contributed by atoms with van der Waals surface area (Å²) in [6.45, 7) is 6.13. The van der Waals surface area contributed by atoms with Crippen LogP contribution in [-0.4, -0.2) is 11.7 Å². The van der Waals surface area contributed by atoms with Gasteiger partial charge in [0.15, 0.2) is 0 Å². The van der Waals surface area contributed by atoms with Crippen molar-refractivity contribution in [2.24, 2.45) is 5.10 Å². The number of nitrogens with zero attached hydrogens (tertiary/aromatic N) is 1. The molecule has 3 aromatic carbocycles. The van der Waals surface area contributed by atoms with Gasteiger partial charge in [0, 0.05) is 23.4 Å². The molecule has 0 aromatic heterocycles. The lowest BCUT2D eigenvalue weighted by Gasteiger charge is -2.29. The minimum atomic E-state index is -0.352. The standard InChI is InChI=1S/C25H26N4O/c1-16-9-12-22-21(13-16)24(15-23(27-22)19-7-5-4-6-8-19)28-29-25(30)26-20-11-10-17(2)18(3)14-20/h4-14,23,27H,15H2,1-3H3,(H2,26,29,30). The Morgan fingerprint density at radius 3 is 2.53 bits per heavy atom. The third-order valence-corrected chi connectivity index (χ3v) is 5.47. The van der Waals surface area contributed by atoms with Crippen molar-refractivity contribution in [1.82, 2.24) is 5.43 Å². The van der Waals surface area contributed by atoms with E-state index in [-0.39, 0.29) is 12.1 Å². The Morgan fingerprint density at radius 2 is 1.77 bits per heavy atom. The second-order valence-corrected chi connectivity index (χ2v) is 7.78. The first-order chi connectivity index (χ1) is 14.5. The van der Waals surface area contributed by atoms with E-state index in [4.69, 9.17) is 0 Å². The molecule has 152 valence electrons. The lowest BCUT2D eigenvalue weighted by Crippen LogP contribution is -2.29. The summed E-state index contributed by atoms with van der Waals surface area (Å²) in [5.41, 5.74) is 11.0. The van der Waals surface area contributed by atoms with Gasteiger partial charge in [-0.15, -0.1) is 0 Å². The maximum absolute atomic E-state index is 12.4. The number of aryl methyl sites for hydroxylation is 3. The van der Waals surface area contributed by atoms with E-state index >= 15 is 0 Å². The quantitative estimate of drug-likeness (QED) is 0.496. The van der Waals surface area contributed by atoms with Crippen molar-refractivity contribution in [1.29, 1.82) is 0 Å². The van der Waals surface area contributed by atoms with Crippen molar-refractivity contribution in [2.75, 3.05) is 10.6 Å². The van der Waals surface area contributed by atoms with Crippen LogP contribution in [0.25, 0.3) is 0 Å². The second kappa shape index (κ2) is 8.41. The summed E-state index contributed by atoms with van der Waals surface area (Å²) < 4.78 is 0. The van der Waals surface area contributed by atoms with Crippen molar-refractivity contribution in [3.05, 3.63) is 94.5 Å². The third-order valence-electron chi connectivity index (χ3n) is 5.47. The molecular formula is C25H26N4O. The van der Waals surface area contributed by atoms with E-state index < -0.39 is 0 Å². The normalized spacial score (nSPS) is 16.5. The van der Waals surface area contributed by atoms with Crippen molar-refractivity contribution in [2.45, 2.75) is 33.2 Å². The van der Waals surface area contributed by atoms with Crippen LogP contribution >= 0.6 is 0 Å². The summed E-state index contributed by atoms with van der Waals surface area (Å²) >= 11 is 0. The molecule has 0 aliphatic carbocycles. The van der Waals surface area contributed by atoms with Gasteiger partial charge in [-0.1, -0.05) is 48.0 Å². The Morgan fingerprint density at radius 1 is 0.967 bits per heavy atom. The van der Waals surface area contributed by atoms with Crippen LogP contribution in [0, 0.1) is 20.8 Å². The summed E-state index contributed by atoms with van der Waals surface area (Å²) in [6.07, 6.45) is 0.685. The molecule has 3 aromatic rings. The zero-order valence-corrected chi connectivity index (χ0v) is 17.5. The van der Waals surface area contributed by atoms with E-state index in [2.05, 4.69) is 58.4 Å². The van der Waals surface area contributed by atoms with Crippen LogP contribution in [-0.2, 0) is 0 Å². The molecule has 5 heteroatoms. The number of urea groups is 1. The van der Waals surface area contributed by atoms with Crippen LogP contribution in [0.1, 0.15) is 40.3 Å². The molecule has 0 radical (unpaired) electrons. The van der Waals surface area contributed by atoms with Gasteiger partial charge in [-0.05, 0) is 61.7 Å². The predicted molar refractivity (Wildman–Crippen MR) is 123 cm³/mol. The molecule has 1 aliphatic heterocycles. The largest absolute Gasteiger partial charge is 0.377 e. The van der Waals surface area contributed by atoms with Crippen LogP contribution in [0.3, 0.4) is 0 Å². The highest BCUT2D eigenvalue weighted by Gasteiger charge is 2.24. The molecule has 3 N–H and O–H groups in total. The number of anilines is 2. The molecule has 0 fully saturated rings. The Hall–Kier alpha value is -3.60. The number of hydrogen-bond donors (Lipinski definition) is 3. The lowest BCUT2D eigenvalue weighted by molar-refractivity contribution is 0.252. The average molecular weight is 399 g/mol. The van der Waals surface area contributed by atoms with Crippen molar-refractivity contribution >= 4 is 23.1 Å². The van der Waals surface area contributed by atoms with E-state index in [9.17, 15) is 4.79 Å². The SMILES string of the molecule is Cc1ccc2c(c1)C(=NNC(=O)Nc1ccc(C)c(C)c1)CC(c1ccccc1)N2. The summed E-state index contributed by atoms with van der Waals surface area (Å²) in [4.78, 5) is 12.4. The second-order valence-electron chi connectivity index (χ2n) is 7.78. The topological polar surface area (TPSA) is 65.5 Å². The van der Waals surface area contributed by atoms with Crippen LogP contribution in [0.5, 0.6) is 0 Å². The van der Waals surface area contributed by atoms with Gasteiger partial charge in [0.1, 0.15) is 0 Å². The Bertz CT molecular complexity index is 1110. The summed E-state index contributed by atoms with van der Waals surface area (Å²) in [5, 5.41) is 10.9. The average Bonchev–Trinajstić information content (AvgIpc) is 2.75. The van der Waals surface area contributed by atoms with Gasteiger partial charge in [-0.2, -0.15) is 5.10 Å². The molecule has 1 heterocycles. The van der Waals surface area contributed by atoms with Crippen LogP contribution < -0.4 is 16.1 Å². The van der Waals surface area contributed by atoms with Gasteiger partial charge in [0.05, 0.1) is 11.8 Å². The fourth-order valence-corrected chi connectivity index (χ4v) is 3.65. The molecule has 1 atom stereocenters. The minimum absolute atomic E-state index is 0.102. The minimum Gasteiger partial charge on any atom is -0.377 e. The van der Waals surface area contributed by atoms with E-state index in [1.165, 1.54) is 11.1 Å². The molecule has 1 unspecified atom stereocenters. The zero-order chi connectivity index (χ0) is 21.1. The summed E-state index contributed by atoms with van der Waals surface area (Å²) in [5.74, 6) is 0. The van der Waals surface area contributed by atoms with Crippen LogP contribution in [0.4, 0.5) is 16.2 Å². The highest BCUT2D eigenvalue weighted by atomic mass is 16.2. The third kappa shape index (κ3) is 4.35. The first kappa shape index (κ1) is 19.7. The number of fused-ring (bicyclic) bond motifs is 1. The van der Waals surface area contributed by atoms with E-state index in [1.54, 1.807) is 0 Å². The maximum Gasteiger partial charge on any atom is 0.339 e. The van der Waals surface area contributed by atoms with Crippen LogP contribution in [0.15, 0.2) is 71.8 Å². The number of carbonyl (C=O) groups excluding carboxylic acids is 1. The number of nitrogens with one attached hydrogen (secondary N) is 3. The number of hydrazone groups is 1. The molecule has 5 nitrogen and oxygen atoms in total. The molecule has 1 aliphatic rings. The van der Waals surface area contributed by atoms with Gasteiger partial charge in [-0.3, -0.25) is 0 Å². The van der Waals surface area contributed by atoms with Gasteiger partial charge in [-0.25, -0.2) is 10.2 Å². The molecule has 2 amide bonds. The fourth-order valence-electron chi connectivity index (χ4n) is 3.65. The van der Waals surface area contributed by atoms with Gasteiger partial charge < -0.3 is 10.6 Å². The first-order valence-corrected chi connectivity index (χ1v) is 10.1. The highest BCUT2D eigenvalue weighted by Crippen LogP contribution is 2.33. The molecule has 0 bridgehead atoms. The Kier molecular flexibility index (Phi) is 5.53. The van der Waals surface area contributed by atoms with Crippen molar-refractivity contribution in [3.63, 3.8) is 0 Å². The van der Waals surface area contributed by atoms with E-state index in [1.807, 2.05) is 50.2 Å².